The van der Waals surface area contributed by atoms with Crippen molar-refractivity contribution in [3.8, 4) is 0 Å². The molecule has 1 aliphatic rings. The first-order valence-corrected chi connectivity index (χ1v) is 8.78. The number of hydrogen-bond donors (Lipinski definition) is 2. The SMILES string of the molecule is C=C1c2ccccc2C(=O)N1CC(=O)OCC(=O)Nc1ccc(NC(C)=O)cc1. The Kier molecular flexibility index (Phi) is 5.73. The summed E-state index contributed by atoms with van der Waals surface area (Å²) in [4.78, 5) is 48.6. The minimum atomic E-state index is -0.719. The van der Waals surface area contributed by atoms with Gasteiger partial charge in [0.2, 0.25) is 5.91 Å². The fourth-order valence-electron chi connectivity index (χ4n) is 2.86. The maximum absolute atomic E-state index is 12.4. The third-order valence-corrected chi connectivity index (χ3v) is 4.18. The lowest BCUT2D eigenvalue weighted by atomic mass is 10.1. The number of amides is 3. The van der Waals surface area contributed by atoms with Crippen LogP contribution in [0.4, 0.5) is 11.4 Å². The van der Waals surface area contributed by atoms with Gasteiger partial charge < -0.3 is 15.4 Å². The van der Waals surface area contributed by atoms with Crippen LogP contribution in [0.15, 0.2) is 55.1 Å². The zero-order chi connectivity index (χ0) is 21.0. The van der Waals surface area contributed by atoms with Crippen LogP contribution >= 0.6 is 0 Å². The maximum atomic E-state index is 12.4. The summed E-state index contributed by atoms with van der Waals surface area (Å²) in [5.74, 6) is -1.77. The molecule has 2 aromatic carbocycles. The van der Waals surface area contributed by atoms with Crippen molar-refractivity contribution in [2.24, 2.45) is 0 Å². The van der Waals surface area contributed by atoms with Crippen molar-refractivity contribution in [1.29, 1.82) is 0 Å². The van der Waals surface area contributed by atoms with Crippen LogP contribution in [0.2, 0.25) is 0 Å². The van der Waals surface area contributed by atoms with E-state index in [1.807, 2.05) is 0 Å². The molecule has 0 aromatic heterocycles. The summed E-state index contributed by atoms with van der Waals surface area (Å²) < 4.78 is 4.97. The van der Waals surface area contributed by atoms with Gasteiger partial charge in [-0.05, 0) is 30.3 Å². The molecule has 2 aromatic rings. The lowest BCUT2D eigenvalue weighted by molar-refractivity contribution is -0.147. The highest BCUT2D eigenvalue weighted by Crippen LogP contribution is 2.30. The third kappa shape index (κ3) is 4.67. The van der Waals surface area contributed by atoms with Gasteiger partial charge in [0, 0.05) is 35.1 Å². The highest BCUT2D eigenvalue weighted by atomic mass is 16.5. The van der Waals surface area contributed by atoms with Crippen LogP contribution in [-0.4, -0.2) is 41.7 Å². The monoisotopic (exact) mass is 393 g/mol. The summed E-state index contributed by atoms with van der Waals surface area (Å²) in [5.41, 5.74) is 2.65. The lowest BCUT2D eigenvalue weighted by Gasteiger charge is -2.16. The Balaban J connectivity index is 1.48. The van der Waals surface area contributed by atoms with E-state index in [4.69, 9.17) is 4.74 Å². The van der Waals surface area contributed by atoms with Crippen molar-refractivity contribution < 1.29 is 23.9 Å². The van der Waals surface area contributed by atoms with Crippen molar-refractivity contribution in [2.75, 3.05) is 23.8 Å². The molecular weight excluding hydrogens is 374 g/mol. The van der Waals surface area contributed by atoms with Gasteiger partial charge in [-0.25, -0.2) is 0 Å². The molecule has 0 fully saturated rings. The molecule has 8 nitrogen and oxygen atoms in total. The lowest BCUT2D eigenvalue weighted by Crippen LogP contribution is -2.32. The molecule has 0 unspecified atom stereocenters. The minimum absolute atomic E-state index is 0.198. The van der Waals surface area contributed by atoms with Crippen LogP contribution < -0.4 is 10.6 Å². The first kappa shape index (κ1) is 19.8. The van der Waals surface area contributed by atoms with Crippen molar-refractivity contribution in [3.63, 3.8) is 0 Å². The molecule has 0 saturated carbocycles. The first-order valence-electron chi connectivity index (χ1n) is 8.78. The van der Waals surface area contributed by atoms with Crippen molar-refractivity contribution in [1.82, 2.24) is 4.90 Å². The molecule has 1 heterocycles. The number of benzene rings is 2. The van der Waals surface area contributed by atoms with E-state index in [0.29, 0.717) is 28.2 Å². The van der Waals surface area contributed by atoms with E-state index in [2.05, 4.69) is 17.2 Å². The molecule has 0 bridgehead atoms. The molecule has 0 aliphatic carbocycles. The van der Waals surface area contributed by atoms with Crippen LogP contribution in [0.1, 0.15) is 22.8 Å². The number of esters is 1. The van der Waals surface area contributed by atoms with E-state index in [9.17, 15) is 19.2 Å². The maximum Gasteiger partial charge on any atom is 0.326 e. The third-order valence-electron chi connectivity index (χ3n) is 4.18. The second kappa shape index (κ2) is 8.39. The van der Waals surface area contributed by atoms with Crippen LogP contribution in [0.25, 0.3) is 5.70 Å². The second-order valence-corrected chi connectivity index (χ2v) is 6.35. The Bertz CT molecular complexity index is 963. The van der Waals surface area contributed by atoms with E-state index in [1.165, 1.54) is 11.8 Å². The molecule has 0 spiro atoms. The minimum Gasteiger partial charge on any atom is -0.454 e. The van der Waals surface area contributed by atoms with Crippen LogP contribution in [0.3, 0.4) is 0 Å². The number of carbonyl (C=O) groups is 4. The fourth-order valence-corrected chi connectivity index (χ4v) is 2.86. The molecule has 0 atom stereocenters. The number of carbonyl (C=O) groups excluding carboxylic acids is 4. The van der Waals surface area contributed by atoms with E-state index in [1.54, 1.807) is 48.5 Å². The largest absolute Gasteiger partial charge is 0.454 e. The summed E-state index contributed by atoms with van der Waals surface area (Å²) >= 11 is 0. The van der Waals surface area contributed by atoms with Gasteiger partial charge in [0.25, 0.3) is 11.8 Å². The van der Waals surface area contributed by atoms with Gasteiger partial charge in [-0.3, -0.25) is 24.1 Å². The second-order valence-electron chi connectivity index (χ2n) is 6.35. The Morgan fingerprint density at radius 3 is 2.14 bits per heavy atom. The van der Waals surface area contributed by atoms with Crippen molar-refractivity contribution in [3.05, 3.63) is 66.2 Å². The fraction of sp³-hybridized carbons (Fsp3) is 0.143. The van der Waals surface area contributed by atoms with E-state index in [0.717, 1.165) is 0 Å². The van der Waals surface area contributed by atoms with Crippen molar-refractivity contribution >= 4 is 40.8 Å². The van der Waals surface area contributed by atoms with E-state index >= 15 is 0 Å². The van der Waals surface area contributed by atoms with E-state index < -0.39 is 18.5 Å². The van der Waals surface area contributed by atoms with Gasteiger partial charge >= 0.3 is 5.97 Å². The number of anilines is 2. The predicted octanol–water partition coefficient (Wildman–Crippen LogP) is 2.25. The molecule has 148 valence electrons. The van der Waals surface area contributed by atoms with Gasteiger partial charge in [0.15, 0.2) is 6.61 Å². The molecule has 8 heteroatoms. The predicted molar refractivity (Wildman–Crippen MR) is 107 cm³/mol. The summed E-state index contributed by atoms with van der Waals surface area (Å²) in [5, 5.41) is 5.19. The van der Waals surface area contributed by atoms with Crippen molar-refractivity contribution in [2.45, 2.75) is 6.92 Å². The normalized spacial score (nSPS) is 12.4. The number of ether oxygens (including phenoxy) is 1. The number of nitrogens with zero attached hydrogens (tertiary/aromatic N) is 1. The molecule has 0 radical (unpaired) electrons. The summed E-state index contributed by atoms with van der Waals surface area (Å²) in [6, 6.07) is 13.4. The molecule has 29 heavy (non-hydrogen) atoms. The smallest absolute Gasteiger partial charge is 0.326 e. The number of hydrogen-bond acceptors (Lipinski definition) is 5. The van der Waals surface area contributed by atoms with Gasteiger partial charge in [-0.1, -0.05) is 24.8 Å². The molecule has 1 aliphatic heterocycles. The quantitative estimate of drug-likeness (QED) is 0.733. The highest BCUT2D eigenvalue weighted by molar-refractivity contribution is 6.10. The topological polar surface area (TPSA) is 105 Å². The molecule has 0 saturated heterocycles. The highest BCUT2D eigenvalue weighted by Gasteiger charge is 2.32. The van der Waals surface area contributed by atoms with Crippen LogP contribution in [-0.2, 0) is 19.1 Å². The Hall–Kier alpha value is -3.94. The Morgan fingerprint density at radius 1 is 0.966 bits per heavy atom. The Morgan fingerprint density at radius 2 is 1.55 bits per heavy atom. The molecule has 3 rings (SSSR count). The Labute approximate surface area is 167 Å². The molecule has 3 amide bonds. The van der Waals surface area contributed by atoms with Gasteiger partial charge in [-0.2, -0.15) is 0 Å². The van der Waals surface area contributed by atoms with Crippen LogP contribution in [0, 0.1) is 0 Å². The van der Waals surface area contributed by atoms with Gasteiger partial charge in [-0.15, -0.1) is 0 Å². The number of rotatable bonds is 6. The van der Waals surface area contributed by atoms with Crippen LogP contribution in [0.5, 0.6) is 0 Å². The first-order chi connectivity index (χ1) is 13.8. The van der Waals surface area contributed by atoms with Gasteiger partial charge in [0.1, 0.15) is 6.54 Å². The summed E-state index contributed by atoms with van der Waals surface area (Å²) in [6.45, 7) is 4.42. The standard InChI is InChI=1S/C21H19N3O5/c1-13-17-5-3-4-6-18(17)21(28)24(13)11-20(27)29-12-19(26)23-16-9-7-15(8-10-16)22-14(2)25/h3-10H,1,11-12H2,2H3,(H,22,25)(H,23,26). The molecule has 2 N–H and O–H groups in total. The molecular formula is C21H19N3O5. The summed E-state index contributed by atoms with van der Waals surface area (Å²) in [7, 11) is 0. The number of nitrogens with one attached hydrogen (secondary N) is 2. The zero-order valence-electron chi connectivity index (χ0n) is 15.7. The average Bonchev–Trinajstić information content (AvgIpc) is 2.93. The van der Waals surface area contributed by atoms with E-state index in [-0.39, 0.29) is 18.4 Å². The van der Waals surface area contributed by atoms with Gasteiger partial charge in [0.05, 0.1) is 0 Å². The zero-order valence-corrected chi connectivity index (χ0v) is 15.7. The summed E-state index contributed by atoms with van der Waals surface area (Å²) in [6.07, 6.45) is 0. The number of fused-ring (bicyclic) bond motifs is 1. The average molecular weight is 393 g/mol.